The van der Waals surface area contributed by atoms with Gasteiger partial charge in [0.2, 0.25) is 0 Å². The van der Waals surface area contributed by atoms with Gasteiger partial charge in [-0.1, -0.05) is 0 Å². The third-order valence-corrected chi connectivity index (χ3v) is 3.48. The number of hydrogen-bond acceptors (Lipinski definition) is 1. The van der Waals surface area contributed by atoms with Gasteiger partial charge < -0.3 is 0 Å². The summed E-state index contributed by atoms with van der Waals surface area (Å²) in [5, 5.41) is 3.15. The van der Waals surface area contributed by atoms with Crippen LogP contribution < -0.4 is 26.5 Å². The second-order valence-electron chi connectivity index (χ2n) is 1.66. The van der Waals surface area contributed by atoms with Gasteiger partial charge in [-0.25, -0.2) is 0 Å². The predicted octanol–water partition coefficient (Wildman–Crippen LogP) is -2.34. The number of hydrogen-bond donors (Lipinski definition) is 1. The summed E-state index contributed by atoms with van der Waals surface area (Å²) < 4.78 is 2.21. The van der Waals surface area contributed by atoms with Crippen molar-refractivity contribution in [2.45, 2.75) is 17.8 Å². The molecule has 46 valence electrons. The molecule has 0 unspecified atom stereocenters. The molecule has 0 aliphatic heterocycles. The van der Waals surface area contributed by atoms with E-state index in [-0.39, 0.29) is 0 Å². The summed E-state index contributed by atoms with van der Waals surface area (Å²) in [6.07, 6.45) is 0. The minimum atomic E-state index is 0.454. The van der Waals surface area contributed by atoms with Crippen molar-refractivity contribution in [3.8, 4) is 0 Å². The molecule has 0 aliphatic rings. The Bertz CT molecular complexity index is 37.1. The van der Waals surface area contributed by atoms with Gasteiger partial charge in [0.1, 0.15) is 0 Å². The fourth-order valence-corrected chi connectivity index (χ4v) is 1.55. The zero-order chi connectivity index (χ0) is 5.70. The first-order valence-electron chi connectivity index (χ1n) is 2.49. The van der Waals surface area contributed by atoms with Crippen LogP contribution in [0, 0.1) is 0 Å². The number of rotatable bonds is 3. The van der Waals surface area contributed by atoms with Gasteiger partial charge in [0, 0.05) is 0 Å². The summed E-state index contributed by atoms with van der Waals surface area (Å²) in [7, 11) is 2.02. The quantitative estimate of drug-likeness (QED) is 0.315. The first kappa shape index (κ1) is 7.69. The molecule has 0 saturated heterocycles. The Kier molecular flexibility index (Phi) is 5.32. The molecule has 0 radical (unpaired) electrons. The van der Waals surface area contributed by atoms with Crippen molar-refractivity contribution in [1.29, 1.82) is 0 Å². The molecule has 0 atom stereocenters. The van der Waals surface area contributed by atoms with E-state index in [9.17, 15) is 0 Å². The molecule has 2 heteroatoms. The van der Waals surface area contributed by atoms with Gasteiger partial charge >= 0.3 is 55.9 Å². The van der Waals surface area contributed by atoms with E-state index >= 15 is 0 Å². The van der Waals surface area contributed by atoms with E-state index in [1.807, 2.05) is 7.05 Å². The Morgan fingerprint density at radius 1 is 1.57 bits per heavy atom. The maximum absolute atomic E-state index is 3.15. The van der Waals surface area contributed by atoms with E-state index in [2.05, 4.69) is 19.2 Å². The maximum atomic E-state index is 3.15. The van der Waals surface area contributed by atoms with Crippen LogP contribution >= 0.6 is 0 Å². The van der Waals surface area contributed by atoms with E-state index in [4.69, 9.17) is 0 Å². The van der Waals surface area contributed by atoms with E-state index in [0.717, 1.165) is 3.92 Å². The molecule has 0 rings (SSSR count). The van der Waals surface area contributed by atoms with Crippen LogP contribution in [0.25, 0.3) is 0 Å². The molecule has 0 amide bonds. The Labute approximate surface area is 56.1 Å². The molecule has 0 spiro atoms. The molecule has 0 heterocycles. The molecular formula is C5H13IN-. The van der Waals surface area contributed by atoms with E-state index in [1.165, 1.54) is 4.55 Å². The fraction of sp³-hybridized carbons (Fsp3) is 1.00. The van der Waals surface area contributed by atoms with Gasteiger partial charge in [-0.15, -0.1) is 0 Å². The average Bonchev–Trinajstić information content (AvgIpc) is 1.61. The molecule has 0 saturated carbocycles. The minimum absolute atomic E-state index is 0.454. The summed E-state index contributed by atoms with van der Waals surface area (Å²) in [6, 6.07) is 0. The van der Waals surface area contributed by atoms with Crippen LogP contribution in [0.15, 0.2) is 0 Å². The third-order valence-electron chi connectivity index (χ3n) is 0.519. The predicted molar refractivity (Wildman–Crippen MR) is 29.1 cm³/mol. The number of alkyl halides is 2. The van der Waals surface area contributed by atoms with Gasteiger partial charge in [0.15, 0.2) is 0 Å². The molecule has 0 aromatic rings. The molecular weight excluding hydrogens is 201 g/mol. The van der Waals surface area contributed by atoms with Crippen molar-refractivity contribution in [1.82, 2.24) is 5.32 Å². The second-order valence-corrected chi connectivity index (χ2v) is 5.79. The van der Waals surface area contributed by atoms with Gasteiger partial charge in [-0.05, 0) is 0 Å². The molecule has 0 aromatic heterocycles. The Hall–Kier alpha value is 0.690. The van der Waals surface area contributed by atoms with Crippen LogP contribution in [-0.2, 0) is 0 Å². The first-order valence-corrected chi connectivity index (χ1v) is 5.26. The van der Waals surface area contributed by atoms with Crippen molar-refractivity contribution in [2.24, 2.45) is 0 Å². The zero-order valence-corrected chi connectivity index (χ0v) is 7.32. The molecule has 0 fully saturated rings. The molecule has 7 heavy (non-hydrogen) atoms. The standard InChI is InChI=1S/C5H13IN/c1-5(2)6-4-7-3/h5,7H,4H2,1-3H3/q-1. The summed E-state index contributed by atoms with van der Waals surface area (Å²) in [5.74, 6) is 0. The van der Waals surface area contributed by atoms with Crippen molar-refractivity contribution in [3.63, 3.8) is 0 Å². The normalized spacial score (nSPS) is 10.9. The topological polar surface area (TPSA) is 12.0 Å². The second kappa shape index (κ2) is 4.84. The van der Waals surface area contributed by atoms with Gasteiger partial charge in [0.05, 0.1) is 0 Å². The third kappa shape index (κ3) is 6.69. The molecule has 0 bridgehead atoms. The average molecular weight is 214 g/mol. The fourth-order valence-electron chi connectivity index (χ4n) is 0.231. The van der Waals surface area contributed by atoms with E-state index in [0.29, 0.717) is 21.2 Å². The van der Waals surface area contributed by atoms with Crippen LogP contribution in [-0.4, -0.2) is 15.5 Å². The monoisotopic (exact) mass is 214 g/mol. The number of nitrogens with one attached hydrogen (secondary N) is 1. The Balaban J connectivity index is 2.68. The SMILES string of the molecule is CNC[I-]C(C)C. The first-order chi connectivity index (χ1) is 3.27. The molecule has 1 nitrogen and oxygen atoms in total. The Morgan fingerprint density at radius 3 is 2.29 bits per heavy atom. The molecule has 0 aromatic carbocycles. The Morgan fingerprint density at radius 2 is 2.14 bits per heavy atom. The summed E-state index contributed by atoms with van der Waals surface area (Å²) in [4.78, 5) is 0. The summed E-state index contributed by atoms with van der Waals surface area (Å²) in [6.45, 7) is 4.56. The van der Waals surface area contributed by atoms with Crippen molar-refractivity contribution in [3.05, 3.63) is 0 Å². The van der Waals surface area contributed by atoms with Crippen LogP contribution in [0.4, 0.5) is 0 Å². The number of halogens is 1. The van der Waals surface area contributed by atoms with E-state index in [1.54, 1.807) is 0 Å². The van der Waals surface area contributed by atoms with Crippen molar-refractivity contribution < 1.29 is 21.2 Å². The van der Waals surface area contributed by atoms with Gasteiger partial charge in [0.25, 0.3) is 0 Å². The van der Waals surface area contributed by atoms with Gasteiger partial charge in [-0.3, -0.25) is 0 Å². The van der Waals surface area contributed by atoms with E-state index < -0.39 is 0 Å². The summed E-state index contributed by atoms with van der Waals surface area (Å²) >= 11 is 0.454. The van der Waals surface area contributed by atoms with Crippen LogP contribution in [0.3, 0.4) is 0 Å². The van der Waals surface area contributed by atoms with Crippen molar-refractivity contribution in [2.75, 3.05) is 11.6 Å². The molecule has 0 aliphatic carbocycles. The van der Waals surface area contributed by atoms with Crippen LogP contribution in [0.2, 0.25) is 0 Å². The van der Waals surface area contributed by atoms with Crippen molar-refractivity contribution >= 4 is 0 Å². The zero-order valence-electron chi connectivity index (χ0n) is 5.16. The van der Waals surface area contributed by atoms with Crippen LogP contribution in [0.5, 0.6) is 0 Å². The van der Waals surface area contributed by atoms with Crippen LogP contribution in [0.1, 0.15) is 13.8 Å². The van der Waals surface area contributed by atoms with Gasteiger partial charge in [-0.2, -0.15) is 0 Å². The molecule has 1 N–H and O–H groups in total. The summed E-state index contributed by atoms with van der Waals surface area (Å²) in [5.41, 5.74) is 0.